The maximum Gasteiger partial charge on any atom is 0.273 e. The van der Waals surface area contributed by atoms with Gasteiger partial charge in [0.15, 0.2) is 6.10 Å². The van der Waals surface area contributed by atoms with E-state index >= 15 is 0 Å². The summed E-state index contributed by atoms with van der Waals surface area (Å²) in [5.41, 5.74) is 0.815. The van der Waals surface area contributed by atoms with E-state index < -0.39 is 11.7 Å². The average Bonchev–Trinajstić information content (AvgIpc) is 3.41. The van der Waals surface area contributed by atoms with Crippen molar-refractivity contribution in [3.05, 3.63) is 91.1 Å². The molecule has 1 unspecified atom stereocenters. The fraction of sp³-hybridized carbons (Fsp3) is 0.389. The Balaban J connectivity index is 1.41. The van der Waals surface area contributed by atoms with Gasteiger partial charge in [0.05, 0.1) is 27.9 Å². The summed E-state index contributed by atoms with van der Waals surface area (Å²) in [5, 5.41) is 10.2. The summed E-state index contributed by atoms with van der Waals surface area (Å²) >= 11 is 25.2. The van der Waals surface area contributed by atoms with Crippen molar-refractivity contribution in [2.75, 3.05) is 17.7 Å². The molecule has 0 fully saturated rings. The number of nitrogens with zero attached hydrogens (tertiary/aromatic N) is 1. The van der Waals surface area contributed by atoms with E-state index in [0.29, 0.717) is 45.2 Å². The summed E-state index contributed by atoms with van der Waals surface area (Å²) in [7, 11) is 1.60. The summed E-state index contributed by atoms with van der Waals surface area (Å²) < 4.78 is 12.6. The summed E-state index contributed by atoms with van der Waals surface area (Å²) in [6.07, 6.45) is 11.9. The van der Waals surface area contributed by atoms with Crippen LogP contribution in [0.3, 0.4) is 0 Å². The first kappa shape index (κ1) is 37.5. The van der Waals surface area contributed by atoms with Crippen LogP contribution in [0, 0.1) is 0 Å². The summed E-state index contributed by atoms with van der Waals surface area (Å²) in [4.78, 5) is 26.4. The van der Waals surface area contributed by atoms with E-state index in [0.717, 1.165) is 19.3 Å². The van der Waals surface area contributed by atoms with E-state index in [1.54, 1.807) is 49.6 Å². The number of anilines is 3. The number of halogens is 4. The van der Waals surface area contributed by atoms with Crippen LogP contribution in [0.15, 0.2) is 65.5 Å². The molecule has 8 nitrogen and oxygen atoms in total. The van der Waals surface area contributed by atoms with Crippen LogP contribution in [0.5, 0.6) is 11.5 Å². The molecule has 0 saturated heterocycles. The van der Waals surface area contributed by atoms with E-state index in [4.69, 9.17) is 55.9 Å². The van der Waals surface area contributed by atoms with Crippen molar-refractivity contribution in [2.45, 2.75) is 83.7 Å². The topological polar surface area (TPSA) is 97.4 Å². The quantitative estimate of drug-likeness (QED) is 0.0833. The van der Waals surface area contributed by atoms with Gasteiger partial charge in [0.1, 0.15) is 23.0 Å². The molecule has 1 atom stereocenters. The predicted octanol–water partition coefficient (Wildman–Crippen LogP) is 11.2. The maximum absolute atomic E-state index is 13.6. The molecule has 1 amide bonds. The monoisotopic (exact) mass is 734 g/mol. The Bertz CT molecular complexity index is 1670. The number of amides is 1. The fourth-order valence-corrected chi connectivity index (χ4v) is 6.47. The van der Waals surface area contributed by atoms with Gasteiger partial charge in [0.2, 0.25) is 0 Å². The number of methoxy groups -OCH3 is 1. The van der Waals surface area contributed by atoms with Crippen molar-refractivity contribution in [2.24, 2.45) is 0 Å². The molecule has 0 spiro atoms. The van der Waals surface area contributed by atoms with Gasteiger partial charge in [0, 0.05) is 16.8 Å². The first-order valence-electron chi connectivity index (χ1n) is 16.3. The molecule has 0 aliphatic rings. The SMILES string of the molecule is CCCCCCCCCCCCC(Oc1ccc(OC)cc1)C(=O)Nc1ccc(Cl)c(Nc2cc(=O)n(-c3c(Cl)cc(Cl)cc3Cl)[nH]2)c1. The molecule has 0 radical (unpaired) electrons. The maximum atomic E-state index is 13.6. The number of rotatable bonds is 19. The van der Waals surface area contributed by atoms with Crippen molar-refractivity contribution >= 4 is 69.5 Å². The van der Waals surface area contributed by atoms with Gasteiger partial charge >= 0.3 is 0 Å². The van der Waals surface area contributed by atoms with Crippen LogP contribution in [0.25, 0.3) is 5.69 Å². The number of carbonyl (C=O) groups is 1. The van der Waals surface area contributed by atoms with E-state index in [1.807, 2.05) is 0 Å². The highest BCUT2D eigenvalue weighted by molar-refractivity contribution is 6.40. The molecule has 3 aromatic carbocycles. The molecule has 4 aromatic rings. The number of benzene rings is 3. The molecule has 4 rings (SSSR count). The summed E-state index contributed by atoms with van der Waals surface area (Å²) in [6, 6.07) is 16.6. The Morgan fingerprint density at radius 3 is 2.02 bits per heavy atom. The zero-order valence-electron chi connectivity index (χ0n) is 27.2. The van der Waals surface area contributed by atoms with Gasteiger partial charge in [0.25, 0.3) is 11.5 Å². The lowest BCUT2D eigenvalue weighted by molar-refractivity contribution is -0.123. The van der Waals surface area contributed by atoms with Crippen molar-refractivity contribution < 1.29 is 14.3 Å². The number of unbranched alkanes of at least 4 members (excludes halogenated alkanes) is 9. The molecular weight excluding hydrogens is 694 g/mol. The van der Waals surface area contributed by atoms with Crippen LogP contribution in [-0.4, -0.2) is 28.9 Å². The van der Waals surface area contributed by atoms with Gasteiger partial charge in [-0.25, -0.2) is 4.68 Å². The molecule has 0 saturated carbocycles. The first-order valence-corrected chi connectivity index (χ1v) is 17.8. The van der Waals surface area contributed by atoms with Gasteiger partial charge in [-0.1, -0.05) is 111 Å². The van der Waals surface area contributed by atoms with E-state index in [9.17, 15) is 9.59 Å². The van der Waals surface area contributed by atoms with Crippen molar-refractivity contribution in [1.29, 1.82) is 0 Å². The van der Waals surface area contributed by atoms with Crippen molar-refractivity contribution in [3.8, 4) is 17.2 Å². The number of nitrogens with one attached hydrogen (secondary N) is 3. The van der Waals surface area contributed by atoms with Crippen LogP contribution in [0.4, 0.5) is 17.2 Å². The second-order valence-corrected chi connectivity index (χ2v) is 13.3. The lowest BCUT2D eigenvalue weighted by Crippen LogP contribution is -2.33. The highest BCUT2D eigenvalue weighted by Crippen LogP contribution is 2.32. The summed E-state index contributed by atoms with van der Waals surface area (Å²) in [5.74, 6) is 1.34. The molecule has 3 N–H and O–H groups in total. The molecule has 0 aliphatic carbocycles. The molecule has 258 valence electrons. The molecule has 48 heavy (non-hydrogen) atoms. The number of aromatic amines is 1. The zero-order chi connectivity index (χ0) is 34.5. The standard InChI is InChI=1S/C36H42Cl4N4O4/c1-3-4-5-6-7-8-9-10-11-12-13-32(48-27-17-15-26(47-2)16-18-27)36(46)41-25-14-19-28(38)31(22-25)42-33-23-34(45)44(43-33)35-29(39)20-24(37)21-30(35)40/h14-23,32,42-43H,3-13H2,1-2H3,(H,41,46). The van der Waals surface area contributed by atoms with Crippen molar-refractivity contribution in [3.63, 3.8) is 0 Å². The van der Waals surface area contributed by atoms with Crippen LogP contribution in [0.1, 0.15) is 77.6 Å². The molecule has 12 heteroatoms. The Morgan fingerprint density at radius 1 is 0.792 bits per heavy atom. The van der Waals surface area contributed by atoms with Gasteiger partial charge in [-0.05, 0) is 67.4 Å². The zero-order valence-corrected chi connectivity index (χ0v) is 30.2. The van der Waals surface area contributed by atoms with Crippen LogP contribution in [0.2, 0.25) is 20.1 Å². The molecule has 0 bridgehead atoms. The van der Waals surface area contributed by atoms with Crippen LogP contribution in [-0.2, 0) is 4.79 Å². The van der Waals surface area contributed by atoms with E-state index in [2.05, 4.69) is 22.7 Å². The number of hydrogen-bond acceptors (Lipinski definition) is 5. The molecule has 1 aromatic heterocycles. The Kier molecular flexibility index (Phi) is 14.9. The third-order valence-electron chi connectivity index (χ3n) is 7.88. The second-order valence-electron chi connectivity index (χ2n) is 11.6. The number of carbonyl (C=O) groups excluding carboxylic acids is 1. The first-order chi connectivity index (χ1) is 23.2. The van der Waals surface area contributed by atoms with Crippen LogP contribution < -0.4 is 25.7 Å². The predicted molar refractivity (Wildman–Crippen MR) is 199 cm³/mol. The third kappa shape index (κ3) is 11.1. The number of aromatic nitrogens is 2. The van der Waals surface area contributed by atoms with Crippen molar-refractivity contribution in [1.82, 2.24) is 9.78 Å². The average molecular weight is 737 g/mol. The molecular formula is C36H42Cl4N4O4. The molecule has 1 heterocycles. The smallest absolute Gasteiger partial charge is 0.273 e. The van der Waals surface area contributed by atoms with Gasteiger partial charge in [-0.15, -0.1) is 0 Å². The third-order valence-corrected chi connectivity index (χ3v) is 9.00. The number of ether oxygens (including phenoxy) is 2. The number of H-pyrrole nitrogens is 1. The van der Waals surface area contributed by atoms with Gasteiger partial charge in [-0.2, -0.15) is 0 Å². The minimum atomic E-state index is -0.709. The minimum Gasteiger partial charge on any atom is -0.497 e. The Labute approximate surface area is 302 Å². The Hall–Kier alpha value is -3.30. The van der Waals surface area contributed by atoms with Crippen LogP contribution >= 0.6 is 46.4 Å². The fourth-order valence-electron chi connectivity index (χ4n) is 5.32. The number of hydrogen-bond donors (Lipinski definition) is 3. The Morgan fingerprint density at radius 2 is 1.40 bits per heavy atom. The van der Waals surface area contributed by atoms with Gasteiger partial charge in [-0.3, -0.25) is 14.7 Å². The summed E-state index contributed by atoms with van der Waals surface area (Å²) in [6.45, 7) is 2.23. The minimum absolute atomic E-state index is 0.204. The van der Waals surface area contributed by atoms with Gasteiger partial charge < -0.3 is 20.1 Å². The largest absolute Gasteiger partial charge is 0.497 e. The normalized spacial score (nSPS) is 11.7. The lowest BCUT2D eigenvalue weighted by Gasteiger charge is -2.19. The second kappa shape index (κ2) is 19.0. The molecule has 0 aliphatic heterocycles. The van der Waals surface area contributed by atoms with E-state index in [-0.39, 0.29) is 21.6 Å². The van der Waals surface area contributed by atoms with E-state index in [1.165, 1.54) is 67.8 Å². The highest BCUT2D eigenvalue weighted by Gasteiger charge is 2.21. The lowest BCUT2D eigenvalue weighted by atomic mass is 10.0. The highest BCUT2D eigenvalue weighted by atomic mass is 35.5.